The molecule has 0 N–H and O–H groups in total. The number of benzene rings is 2. The smallest absolute Gasteiger partial charge is 0.0367 e. The Kier molecular flexibility index (Phi) is 4.01. The van der Waals surface area contributed by atoms with Gasteiger partial charge in [-0.2, -0.15) is 0 Å². The molecule has 2 aromatic carbocycles. The van der Waals surface area contributed by atoms with Crippen LogP contribution in [0.5, 0.6) is 0 Å². The topological polar surface area (TPSA) is 6.48 Å². The SMILES string of the molecule is c1ccc(N2CCN(Cc3c4c(cc5c3CCC5)CCC4)CC2)cc1. The molecule has 1 saturated heterocycles. The van der Waals surface area contributed by atoms with Crippen LogP contribution in [0.1, 0.15) is 40.7 Å². The van der Waals surface area contributed by atoms with Gasteiger partial charge in [-0.05, 0) is 78.5 Å². The zero-order chi connectivity index (χ0) is 16.6. The molecule has 3 aliphatic rings. The average Bonchev–Trinajstić information content (AvgIpc) is 3.32. The van der Waals surface area contributed by atoms with Crippen LogP contribution in [0.2, 0.25) is 0 Å². The van der Waals surface area contributed by atoms with Crippen LogP contribution in [0.3, 0.4) is 0 Å². The van der Waals surface area contributed by atoms with Crippen molar-refractivity contribution in [2.45, 2.75) is 45.1 Å². The molecular formula is C23H28N2. The molecule has 1 heterocycles. The van der Waals surface area contributed by atoms with Gasteiger partial charge in [0.25, 0.3) is 0 Å². The standard InChI is InChI=1S/C23H28N2/c1-2-8-20(9-3-1)25-14-12-24(13-15-25)17-23-21-10-4-6-18(21)16-19-7-5-11-22(19)23/h1-3,8-9,16H,4-7,10-15,17H2. The highest BCUT2D eigenvalue weighted by Gasteiger charge is 2.26. The molecule has 0 spiro atoms. The third-order valence-electron chi connectivity index (χ3n) is 6.47. The third kappa shape index (κ3) is 2.87. The number of fused-ring (bicyclic) bond motifs is 2. The quantitative estimate of drug-likeness (QED) is 0.839. The van der Waals surface area contributed by atoms with Crippen LogP contribution < -0.4 is 4.90 Å². The lowest BCUT2D eigenvalue weighted by Crippen LogP contribution is -2.46. The molecule has 1 fully saturated rings. The van der Waals surface area contributed by atoms with Gasteiger partial charge in [0.2, 0.25) is 0 Å². The molecule has 0 radical (unpaired) electrons. The van der Waals surface area contributed by atoms with Gasteiger partial charge in [0, 0.05) is 38.4 Å². The minimum atomic E-state index is 1.15. The Labute approximate surface area is 151 Å². The number of hydrogen-bond donors (Lipinski definition) is 0. The molecule has 2 aliphatic carbocycles. The Morgan fingerprint density at radius 1 is 0.720 bits per heavy atom. The van der Waals surface area contributed by atoms with Gasteiger partial charge in [-0.25, -0.2) is 0 Å². The first kappa shape index (κ1) is 15.5. The summed E-state index contributed by atoms with van der Waals surface area (Å²) in [6, 6.07) is 13.5. The Hall–Kier alpha value is -1.80. The molecule has 2 heteroatoms. The number of para-hydroxylation sites is 1. The lowest BCUT2D eigenvalue weighted by atomic mass is 9.93. The van der Waals surface area contributed by atoms with E-state index in [4.69, 9.17) is 0 Å². The zero-order valence-electron chi connectivity index (χ0n) is 15.1. The van der Waals surface area contributed by atoms with E-state index in [1.807, 2.05) is 0 Å². The predicted octanol–water partition coefficient (Wildman–Crippen LogP) is 3.99. The summed E-state index contributed by atoms with van der Waals surface area (Å²) in [6.07, 6.45) is 8.01. The highest BCUT2D eigenvalue weighted by molar-refractivity contribution is 5.50. The largest absolute Gasteiger partial charge is 0.369 e. The second kappa shape index (κ2) is 6.49. The van der Waals surface area contributed by atoms with Gasteiger partial charge in [-0.15, -0.1) is 0 Å². The first-order valence-electron chi connectivity index (χ1n) is 10.1. The summed E-state index contributed by atoms with van der Waals surface area (Å²) in [6.45, 7) is 5.87. The molecular weight excluding hydrogens is 304 g/mol. The fraction of sp³-hybridized carbons (Fsp3) is 0.478. The van der Waals surface area contributed by atoms with E-state index < -0.39 is 0 Å². The second-order valence-corrected chi connectivity index (χ2v) is 7.94. The van der Waals surface area contributed by atoms with Crippen molar-refractivity contribution < 1.29 is 0 Å². The van der Waals surface area contributed by atoms with Gasteiger partial charge in [-0.3, -0.25) is 4.90 Å². The lowest BCUT2D eigenvalue weighted by Gasteiger charge is -2.36. The minimum absolute atomic E-state index is 1.15. The van der Waals surface area contributed by atoms with Crippen molar-refractivity contribution >= 4 is 5.69 Å². The van der Waals surface area contributed by atoms with Crippen molar-refractivity contribution in [3.63, 3.8) is 0 Å². The molecule has 0 atom stereocenters. The number of nitrogens with zero attached hydrogens (tertiary/aromatic N) is 2. The number of aryl methyl sites for hydroxylation is 2. The fourth-order valence-electron chi connectivity index (χ4n) is 5.15. The fourth-order valence-corrected chi connectivity index (χ4v) is 5.15. The van der Waals surface area contributed by atoms with Gasteiger partial charge in [0.1, 0.15) is 0 Å². The summed E-state index contributed by atoms with van der Waals surface area (Å²) in [5.41, 5.74) is 9.92. The van der Waals surface area contributed by atoms with Crippen molar-refractivity contribution in [2.75, 3.05) is 31.1 Å². The molecule has 0 amide bonds. The van der Waals surface area contributed by atoms with E-state index in [0.717, 1.165) is 13.1 Å². The summed E-state index contributed by atoms with van der Waals surface area (Å²) in [5, 5.41) is 0. The lowest BCUT2D eigenvalue weighted by molar-refractivity contribution is 0.248. The summed E-state index contributed by atoms with van der Waals surface area (Å²) in [7, 11) is 0. The molecule has 0 bridgehead atoms. The molecule has 0 aromatic heterocycles. The van der Waals surface area contributed by atoms with E-state index in [9.17, 15) is 0 Å². The van der Waals surface area contributed by atoms with E-state index in [0.29, 0.717) is 0 Å². The summed E-state index contributed by atoms with van der Waals surface area (Å²) >= 11 is 0. The van der Waals surface area contributed by atoms with Crippen LogP contribution in [0.25, 0.3) is 0 Å². The summed E-state index contributed by atoms with van der Waals surface area (Å²) in [4.78, 5) is 5.24. The van der Waals surface area contributed by atoms with E-state index in [-0.39, 0.29) is 0 Å². The van der Waals surface area contributed by atoms with Crippen LogP contribution >= 0.6 is 0 Å². The summed E-state index contributed by atoms with van der Waals surface area (Å²) < 4.78 is 0. The monoisotopic (exact) mass is 332 g/mol. The van der Waals surface area contributed by atoms with Gasteiger partial charge < -0.3 is 4.90 Å². The minimum Gasteiger partial charge on any atom is -0.369 e. The van der Waals surface area contributed by atoms with Crippen LogP contribution in [-0.2, 0) is 32.2 Å². The molecule has 0 saturated carbocycles. The number of piperazine rings is 1. The van der Waals surface area contributed by atoms with E-state index in [1.165, 1.54) is 63.8 Å². The maximum atomic E-state index is 2.70. The first-order valence-corrected chi connectivity index (χ1v) is 10.1. The zero-order valence-corrected chi connectivity index (χ0v) is 15.1. The van der Waals surface area contributed by atoms with E-state index in [2.05, 4.69) is 46.2 Å². The third-order valence-corrected chi connectivity index (χ3v) is 6.47. The van der Waals surface area contributed by atoms with Crippen LogP contribution in [0.4, 0.5) is 5.69 Å². The second-order valence-electron chi connectivity index (χ2n) is 7.94. The molecule has 1 aliphatic heterocycles. The highest BCUT2D eigenvalue weighted by atomic mass is 15.3. The highest BCUT2D eigenvalue weighted by Crippen LogP contribution is 2.36. The molecule has 130 valence electrons. The Morgan fingerprint density at radius 2 is 1.36 bits per heavy atom. The Bertz CT molecular complexity index is 725. The molecule has 0 unspecified atom stereocenters. The van der Waals surface area contributed by atoms with Crippen LogP contribution in [-0.4, -0.2) is 31.1 Å². The van der Waals surface area contributed by atoms with Crippen molar-refractivity contribution in [1.82, 2.24) is 4.90 Å². The van der Waals surface area contributed by atoms with Crippen LogP contribution in [0.15, 0.2) is 36.4 Å². The molecule has 2 nitrogen and oxygen atoms in total. The van der Waals surface area contributed by atoms with Gasteiger partial charge in [0.05, 0.1) is 0 Å². The molecule has 25 heavy (non-hydrogen) atoms. The number of rotatable bonds is 3. The van der Waals surface area contributed by atoms with Crippen molar-refractivity contribution in [1.29, 1.82) is 0 Å². The number of anilines is 1. The van der Waals surface area contributed by atoms with Gasteiger partial charge in [-0.1, -0.05) is 24.3 Å². The normalized spacial score (nSPS) is 19.9. The van der Waals surface area contributed by atoms with E-state index >= 15 is 0 Å². The maximum Gasteiger partial charge on any atom is 0.0367 e. The van der Waals surface area contributed by atoms with Crippen molar-refractivity contribution in [3.05, 3.63) is 64.2 Å². The summed E-state index contributed by atoms with van der Waals surface area (Å²) in [5.74, 6) is 0. The maximum absolute atomic E-state index is 2.70. The predicted molar refractivity (Wildman–Crippen MR) is 104 cm³/mol. The molecule has 5 rings (SSSR count). The van der Waals surface area contributed by atoms with Crippen LogP contribution in [0, 0.1) is 0 Å². The Balaban J connectivity index is 1.33. The van der Waals surface area contributed by atoms with Crippen molar-refractivity contribution in [3.8, 4) is 0 Å². The van der Waals surface area contributed by atoms with Gasteiger partial charge in [0.15, 0.2) is 0 Å². The first-order chi connectivity index (χ1) is 12.4. The Morgan fingerprint density at radius 3 is 2.00 bits per heavy atom. The van der Waals surface area contributed by atoms with Crippen molar-refractivity contribution in [2.24, 2.45) is 0 Å². The number of hydrogen-bond acceptors (Lipinski definition) is 2. The van der Waals surface area contributed by atoms with E-state index in [1.54, 1.807) is 27.8 Å². The van der Waals surface area contributed by atoms with Gasteiger partial charge >= 0.3 is 0 Å². The molecule has 2 aromatic rings. The average molecular weight is 332 g/mol.